The first-order chi connectivity index (χ1) is 4.70. The molecule has 0 aliphatic heterocycles. The van der Waals surface area contributed by atoms with Gasteiger partial charge >= 0.3 is 7.32 Å². The van der Waals surface area contributed by atoms with Gasteiger partial charge in [-0.15, -0.1) is 0 Å². The van der Waals surface area contributed by atoms with Gasteiger partial charge in [-0.05, 0) is 17.2 Å². The molecule has 10 heavy (non-hydrogen) atoms. The zero-order valence-electron chi connectivity index (χ0n) is 5.23. The SMILES string of the molecule is OB(O)O.c1cc2cc-2c1. The van der Waals surface area contributed by atoms with Crippen LogP contribution < -0.4 is 0 Å². The molecule has 0 amide bonds. The van der Waals surface area contributed by atoms with Crippen molar-refractivity contribution in [2.75, 3.05) is 0 Å². The van der Waals surface area contributed by atoms with Gasteiger partial charge in [-0.2, -0.15) is 0 Å². The number of benzene rings is 1. The first kappa shape index (κ1) is 7.27. The monoisotopic (exact) mass is 138 g/mol. The minimum atomic E-state index is -2.17. The molecule has 0 aromatic rings. The second-order valence-electron chi connectivity index (χ2n) is 1.93. The van der Waals surface area contributed by atoms with Gasteiger partial charge in [0.2, 0.25) is 0 Å². The maximum absolute atomic E-state index is 7.17. The summed E-state index contributed by atoms with van der Waals surface area (Å²) in [5.74, 6) is 0. The van der Waals surface area contributed by atoms with E-state index in [1.165, 1.54) is 11.1 Å². The average Bonchev–Trinajstić information content (AvgIpc) is 2.40. The average molecular weight is 138 g/mol. The summed E-state index contributed by atoms with van der Waals surface area (Å²) in [6.07, 6.45) is 0. The van der Waals surface area contributed by atoms with Gasteiger partial charge in [-0.3, -0.25) is 0 Å². The van der Waals surface area contributed by atoms with E-state index in [-0.39, 0.29) is 0 Å². The number of hydrogen-bond acceptors (Lipinski definition) is 3. The highest BCUT2D eigenvalue weighted by molar-refractivity contribution is 6.30. The molecule has 0 aromatic carbocycles. The fraction of sp³-hybridized carbons (Fsp3) is 0. The Morgan fingerprint density at radius 2 is 1.40 bits per heavy atom. The predicted octanol–water partition coefficient (Wildman–Crippen LogP) is -0.385. The minimum absolute atomic E-state index is 1.43. The molecule has 0 radical (unpaired) electrons. The zero-order chi connectivity index (χ0) is 7.56. The van der Waals surface area contributed by atoms with Gasteiger partial charge in [0.25, 0.3) is 0 Å². The van der Waals surface area contributed by atoms with Gasteiger partial charge in [0.05, 0.1) is 0 Å². The summed E-state index contributed by atoms with van der Waals surface area (Å²) in [5, 5.41) is 21.5. The molecule has 0 fully saturated rings. The standard InChI is InChI=1S/C6H4.BH3O3/c1-2-5-4-6(5)3-1;2-1(3)4/h1-4H;2-4H. The van der Waals surface area contributed by atoms with Gasteiger partial charge in [-0.1, -0.05) is 18.2 Å². The quantitative estimate of drug-likeness (QED) is 0.434. The highest BCUT2D eigenvalue weighted by Gasteiger charge is 2.06. The van der Waals surface area contributed by atoms with E-state index in [1.54, 1.807) is 0 Å². The molecule has 0 saturated heterocycles. The fourth-order valence-corrected chi connectivity index (χ4v) is 0.676. The molecule has 52 valence electrons. The molecule has 2 aliphatic carbocycles. The molecule has 0 atom stereocenters. The normalized spacial score (nSPS) is 9.50. The van der Waals surface area contributed by atoms with Crippen LogP contribution in [0, 0.1) is 0 Å². The second kappa shape index (κ2) is 2.83. The summed E-state index contributed by atoms with van der Waals surface area (Å²) in [5.41, 5.74) is 2.85. The van der Waals surface area contributed by atoms with Crippen LogP contribution in [0.25, 0.3) is 11.1 Å². The fourth-order valence-electron chi connectivity index (χ4n) is 0.676. The molecule has 0 aromatic heterocycles. The van der Waals surface area contributed by atoms with Crippen LogP contribution in [0.3, 0.4) is 0 Å². The summed E-state index contributed by atoms with van der Waals surface area (Å²) in [6.45, 7) is 0. The Labute approximate surface area is 58.7 Å². The largest absolute Gasteiger partial charge is 0.631 e. The van der Waals surface area contributed by atoms with Crippen LogP contribution in [-0.4, -0.2) is 22.4 Å². The van der Waals surface area contributed by atoms with E-state index in [1.807, 2.05) is 0 Å². The lowest BCUT2D eigenvalue weighted by Crippen LogP contribution is -2.07. The van der Waals surface area contributed by atoms with Crippen LogP contribution >= 0.6 is 0 Å². The van der Waals surface area contributed by atoms with Crippen molar-refractivity contribution in [2.45, 2.75) is 0 Å². The van der Waals surface area contributed by atoms with Crippen LogP contribution in [0.15, 0.2) is 24.3 Å². The van der Waals surface area contributed by atoms with E-state index in [0.29, 0.717) is 0 Å². The smallest absolute Gasteiger partial charge is 0.402 e. The lowest BCUT2D eigenvalue weighted by atomic mass is 10.3. The van der Waals surface area contributed by atoms with E-state index in [0.717, 1.165) is 0 Å². The topological polar surface area (TPSA) is 60.7 Å². The number of rotatable bonds is 0. The predicted molar refractivity (Wildman–Crippen MR) is 37.8 cm³/mol. The van der Waals surface area contributed by atoms with Crippen molar-refractivity contribution >= 4 is 7.32 Å². The molecule has 0 bridgehead atoms. The highest BCUT2D eigenvalue weighted by Crippen LogP contribution is 2.32. The van der Waals surface area contributed by atoms with Crippen LogP contribution in [-0.2, 0) is 0 Å². The van der Waals surface area contributed by atoms with E-state index < -0.39 is 7.32 Å². The molecule has 3 nitrogen and oxygen atoms in total. The van der Waals surface area contributed by atoms with Crippen molar-refractivity contribution in [2.24, 2.45) is 0 Å². The van der Waals surface area contributed by atoms with E-state index in [2.05, 4.69) is 24.3 Å². The third kappa shape index (κ3) is 2.18. The van der Waals surface area contributed by atoms with Crippen LogP contribution in [0.5, 0.6) is 0 Å². The third-order valence-electron chi connectivity index (χ3n) is 1.11. The van der Waals surface area contributed by atoms with Crippen molar-refractivity contribution in [3.8, 4) is 11.1 Å². The van der Waals surface area contributed by atoms with Gasteiger partial charge in [-0.25, -0.2) is 0 Å². The number of fused-ring (bicyclic) bond motifs is 1. The Balaban J connectivity index is 0.000000112. The molecule has 4 heteroatoms. The third-order valence-corrected chi connectivity index (χ3v) is 1.11. The first-order valence-electron chi connectivity index (χ1n) is 2.85. The Morgan fingerprint density at radius 1 is 1.00 bits per heavy atom. The van der Waals surface area contributed by atoms with Crippen LogP contribution in [0.1, 0.15) is 0 Å². The summed E-state index contributed by atoms with van der Waals surface area (Å²) in [6, 6.07) is 8.48. The second-order valence-corrected chi connectivity index (χ2v) is 1.93. The maximum Gasteiger partial charge on any atom is 0.631 e. The molecule has 0 saturated carbocycles. The Morgan fingerprint density at radius 3 is 1.50 bits per heavy atom. The van der Waals surface area contributed by atoms with Gasteiger partial charge in [0.1, 0.15) is 0 Å². The van der Waals surface area contributed by atoms with E-state index in [4.69, 9.17) is 15.1 Å². The van der Waals surface area contributed by atoms with Crippen molar-refractivity contribution in [1.82, 2.24) is 0 Å². The molecular formula is C6H7BO3. The molecule has 0 unspecified atom stereocenters. The molecule has 2 rings (SSSR count). The summed E-state index contributed by atoms with van der Waals surface area (Å²) >= 11 is 0. The van der Waals surface area contributed by atoms with Crippen molar-refractivity contribution in [3.05, 3.63) is 24.3 Å². The zero-order valence-corrected chi connectivity index (χ0v) is 5.23. The summed E-state index contributed by atoms with van der Waals surface area (Å²) in [7, 11) is -2.17. The number of hydrogen-bond donors (Lipinski definition) is 3. The Hall–Kier alpha value is -0.835. The summed E-state index contributed by atoms with van der Waals surface area (Å²) in [4.78, 5) is 0. The van der Waals surface area contributed by atoms with Gasteiger partial charge < -0.3 is 15.1 Å². The van der Waals surface area contributed by atoms with Crippen molar-refractivity contribution < 1.29 is 15.1 Å². The highest BCUT2D eigenvalue weighted by atomic mass is 16.5. The molecule has 3 N–H and O–H groups in total. The van der Waals surface area contributed by atoms with Gasteiger partial charge in [0.15, 0.2) is 0 Å². The van der Waals surface area contributed by atoms with E-state index in [9.17, 15) is 0 Å². The van der Waals surface area contributed by atoms with Crippen LogP contribution in [0.4, 0.5) is 0 Å². The van der Waals surface area contributed by atoms with Crippen molar-refractivity contribution in [1.29, 1.82) is 0 Å². The molecule has 2 aliphatic rings. The Kier molecular flexibility index (Phi) is 2.06. The van der Waals surface area contributed by atoms with Gasteiger partial charge in [0, 0.05) is 0 Å². The summed E-state index contributed by atoms with van der Waals surface area (Å²) < 4.78 is 0. The molecule has 0 heterocycles. The van der Waals surface area contributed by atoms with Crippen LogP contribution in [0.2, 0.25) is 0 Å². The lowest BCUT2D eigenvalue weighted by Gasteiger charge is -1.69. The first-order valence-corrected chi connectivity index (χ1v) is 2.85. The minimum Gasteiger partial charge on any atom is -0.402 e. The Bertz CT molecular complexity index is 204. The van der Waals surface area contributed by atoms with E-state index >= 15 is 0 Å². The molecule has 0 spiro atoms. The lowest BCUT2D eigenvalue weighted by molar-refractivity contribution is 0.278. The molecular weight excluding hydrogens is 131 g/mol. The van der Waals surface area contributed by atoms with Crippen molar-refractivity contribution in [3.63, 3.8) is 0 Å². The maximum atomic E-state index is 7.17.